The number of nitrogens with zero attached hydrogens (tertiary/aromatic N) is 3. The Bertz CT molecular complexity index is 682. The molecule has 0 N–H and O–H groups in total. The Kier molecular flexibility index (Phi) is 2.65. The van der Waals surface area contributed by atoms with E-state index in [4.69, 9.17) is 0 Å². The SMILES string of the molecule is FC(F)(F)c1ncn(-c2cccc(C3CC3)c2C2CC2)n1. The number of hydrogen-bond donors (Lipinski definition) is 0. The third-order valence-corrected chi connectivity index (χ3v) is 4.11. The van der Waals surface area contributed by atoms with Gasteiger partial charge in [-0.3, -0.25) is 0 Å². The zero-order valence-electron chi connectivity index (χ0n) is 11.3. The van der Waals surface area contributed by atoms with E-state index in [9.17, 15) is 13.2 Å². The van der Waals surface area contributed by atoms with Gasteiger partial charge in [0, 0.05) is 0 Å². The molecule has 1 aromatic carbocycles. The van der Waals surface area contributed by atoms with E-state index in [-0.39, 0.29) is 0 Å². The summed E-state index contributed by atoms with van der Waals surface area (Å²) in [6.45, 7) is 0. The van der Waals surface area contributed by atoms with Crippen molar-refractivity contribution < 1.29 is 13.2 Å². The van der Waals surface area contributed by atoms with Crippen LogP contribution in [0.15, 0.2) is 24.5 Å². The van der Waals surface area contributed by atoms with Gasteiger partial charge in [0.25, 0.3) is 5.82 Å². The van der Waals surface area contributed by atoms with Crippen molar-refractivity contribution in [2.24, 2.45) is 0 Å². The molecule has 0 amide bonds. The quantitative estimate of drug-likeness (QED) is 0.855. The predicted octanol–water partition coefficient (Wildman–Crippen LogP) is 4.04. The van der Waals surface area contributed by atoms with Crippen LogP contribution in [-0.4, -0.2) is 14.8 Å². The van der Waals surface area contributed by atoms with E-state index in [2.05, 4.69) is 16.1 Å². The molecule has 2 aliphatic rings. The number of aromatic nitrogens is 3. The first-order valence-electron chi connectivity index (χ1n) is 7.16. The van der Waals surface area contributed by atoms with Crippen LogP contribution in [0.25, 0.3) is 5.69 Å². The summed E-state index contributed by atoms with van der Waals surface area (Å²) in [4.78, 5) is 3.40. The van der Waals surface area contributed by atoms with Crippen molar-refractivity contribution in [3.8, 4) is 5.69 Å². The van der Waals surface area contributed by atoms with Crippen LogP contribution in [0.5, 0.6) is 0 Å². The average molecular weight is 293 g/mol. The van der Waals surface area contributed by atoms with Gasteiger partial charge in [-0.2, -0.15) is 13.2 Å². The fourth-order valence-corrected chi connectivity index (χ4v) is 2.85. The molecule has 2 aliphatic carbocycles. The third kappa shape index (κ3) is 2.32. The Balaban J connectivity index is 1.81. The summed E-state index contributed by atoms with van der Waals surface area (Å²) in [6, 6.07) is 5.86. The summed E-state index contributed by atoms with van der Waals surface area (Å²) in [5.41, 5.74) is 3.22. The van der Waals surface area contributed by atoms with Crippen LogP contribution >= 0.6 is 0 Å². The Morgan fingerprint density at radius 2 is 1.76 bits per heavy atom. The molecule has 1 heterocycles. The lowest BCUT2D eigenvalue weighted by molar-refractivity contribution is -0.144. The van der Waals surface area contributed by atoms with E-state index in [1.165, 1.54) is 35.0 Å². The van der Waals surface area contributed by atoms with Crippen molar-refractivity contribution in [3.05, 3.63) is 41.5 Å². The summed E-state index contributed by atoms with van der Waals surface area (Å²) >= 11 is 0. The number of hydrogen-bond acceptors (Lipinski definition) is 2. The van der Waals surface area contributed by atoms with Gasteiger partial charge in [-0.05, 0) is 54.7 Å². The molecule has 1 aromatic heterocycles. The molecular formula is C15H14F3N3. The summed E-state index contributed by atoms with van der Waals surface area (Å²) in [7, 11) is 0. The highest BCUT2D eigenvalue weighted by molar-refractivity contribution is 5.51. The van der Waals surface area contributed by atoms with Crippen molar-refractivity contribution in [3.63, 3.8) is 0 Å². The van der Waals surface area contributed by atoms with Crippen molar-refractivity contribution >= 4 is 0 Å². The van der Waals surface area contributed by atoms with Gasteiger partial charge in [-0.1, -0.05) is 12.1 Å². The van der Waals surface area contributed by atoms with Crippen molar-refractivity contribution in [2.45, 2.75) is 43.7 Å². The average Bonchev–Trinajstić information content (AvgIpc) is 3.34. The second-order valence-electron chi connectivity index (χ2n) is 5.84. The molecular weight excluding hydrogens is 279 g/mol. The van der Waals surface area contributed by atoms with Crippen molar-refractivity contribution in [1.29, 1.82) is 0 Å². The van der Waals surface area contributed by atoms with E-state index >= 15 is 0 Å². The Morgan fingerprint density at radius 3 is 2.33 bits per heavy atom. The maximum absolute atomic E-state index is 12.7. The Morgan fingerprint density at radius 1 is 1.05 bits per heavy atom. The fraction of sp³-hybridized carbons (Fsp3) is 0.467. The summed E-state index contributed by atoms with van der Waals surface area (Å²) in [5.74, 6) is -0.0393. The van der Waals surface area contributed by atoms with Crippen LogP contribution in [0.2, 0.25) is 0 Å². The van der Waals surface area contributed by atoms with Crippen molar-refractivity contribution in [1.82, 2.24) is 14.8 Å². The lowest BCUT2D eigenvalue weighted by Crippen LogP contribution is -2.09. The minimum atomic E-state index is -4.50. The number of alkyl halides is 3. The van der Waals surface area contributed by atoms with Gasteiger partial charge in [0.15, 0.2) is 0 Å². The molecule has 0 aliphatic heterocycles. The highest BCUT2D eigenvalue weighted by atomic mass is 19.4. The highest BCUT2D eigenvalue weighted by Crippen LogP contribution is 2.51. The zero-order valence-corrected chi connectivity index (χ0v) is 11.3. The van der Waals surface area contributed by atoms with E-state index in [0.29, 0.717) is 11.8 Å². The van der Waals surface area contributed by atoms with E-state index in [0.717, 1.165) is 18.5 Å². The number of rotatable bonds is 3. The van der Waals surface area contributed by atoms with Gasteiger partial charge in [-0.15, -0.1) is 5.10 Å². The molecule has 0 unspecified atom stereocenters. The minimum Gasteiger partial charge on any atom is -0.220 e. The standard InChI is InChI=1S/C15H14F3N3/c16-15(17,18)14-19-8-21(20-14)12-3-1-2-11(9-4-5-9)13(12)10-6-7-10/h1-3,8-10H,4-7H2. The molecule has 0 spiro atoms. The maximum Gasteiger partial charge on any atom is 0.453 e. The van der Waals surface area contributed by atoms with Gasteiger partial charge >= 0.3 is 6.18 Å². The third-order valence-electron chi connectivity index (χ3n) is 4.11. The zero-order chi connectivity index (χ0) is 14.6. The molecule has 110 valence electrons. The Labute approximate surface area is 119 Å². The molecule has 0 radical (unpaired) electrons. The number of benzene rings is 1. The topological polar surface area (TPSA) is 30.7 Å². The summed E-state index contributed by atoms with van der Waals surface area (Å²) in [6.07, 6.45) is 1.23. The maximum atomic E-state index is 12.7. The van der Waals surface area contributed by atoms with Gasteiger partial charge in [-0.25, -0.2) is 9.67 Å². The van der Waals surface area contributed by atoms with Crippen LogP contribution in [0.4, 0.5) is 13.2 Å². The van der Waals surface area contributed by atoms with Crippen LogP contribution in [0, 0.1) is 0 Å². The van der Waals surface area contributed by atoms with Crippen LogP contribution in [-0.2, 0) is 6.18 Å². The minimum absolute atomic E-state index is 0.468. The van der Waals surface area contributed by atoms with Gasteiger partial charge in [0.2, 0.25) is 0 Å². The lowest BCUT2D eigenvalue weighted by Gasteiger charge is -2.13. The second-order valence-corrected chi connectivity index (χ2v) is 5.84. The predicted molar refractivity (Wildman–Crippen MR) is 70.3 cm³/mol. The van der Waals surface area contributed by atoms with Gasteiger partial charge in [0.1, 0.15) is 6.33 Å². The molecule has 2 saturated carbocycles. The van der Waals surface area contributed by atoms with E-state index in [1.54, 1.807) is 0 Å². The van der Waals surface area contributed by atoms with Gasteiger partial charge < -0.3 is 0 Å². The second kappa shape index (κ2) is 4.32. The van der Waals surface area contributed by atoms with Crippen LogP contribution in [0.1, 0.15) is 54.5 Å². The first kappa shape index (κ1) is 12.9. The first-order valence-corrected chi connectivity index (χ1v) is 7.16. The number of halogens is 3. The summed E-state index contributed by atoms with van der Waals surface area (Å²) < 4.78 is 39.3. The summed E-state index contributed by atoms with van der Waals surface area (Å²) in [5, 5.41) is 3.62. The highest BCUT2D eigenvalue weighted by Gasteiger charge is 2.37. The molecule has 3 nitrogen and oxygen atoms in total. The normalized spacial score (nSPS) is 19.0. The van der Waals surface area contributed by atoms with Crippen LogP contribution in [0.3, 0.4) is 0 Å². The smallest absolute Gasteiger partial charge is 0.220 e. The molecule has 2 aromatic rings. The van der Waals surface area contributed by atoms with E-state index in [1.807, 2.05) is 12.1 Å². The Hall–Kier alpha value is -1.85. The van der Waals surface area contributed by atoms with Crippen molar-refractivity contribution in [2.75, 3.05) is 0 Å². The molecule has 4 rings (SSSR count). The molecule has 0 saturated heterocycles. The fourth-order valence-electron chi connectivity index (χ4n) is 2.85. The van der Waals surface area contributed by atoms with E-state index < -0.39 is 12.0 Å². The molecule has 0 bridgehead atoms. The molecule has 2 fully saturated rings. The largest absolute Gasteiger partial charge is 0.453 e. The first-order chi connectivity index (χ1) is 10.0. The van der Waals surface area contributed by atoms with Crippen LogP contribution < -0.4 is 0 Å². The molecule has 21 heavy (non-hydrogen) atoms. The monoisotopic (exact) mass is 293 g/mol. The lowest BCUT2D eigenvalue weighted by atomic mass is 9.97. The molecule has 0 atom stereocenters. The van der Waals surface area contributed by atoms with Gasteiger partial charge in [0.05, 0.1) is 5.69 Å². The molecule has 6 heteroatoms.